The second kappa shape index (κ2) is 1.52. The highest BCUT2D eigenvalue weighted by atomic mass is 16.5. The zero-order valence-electron chi connectivity index (χ0n) is 4.02. The molecule has 0 aromatic heterocycles. The number of hydrogen-bond donors (Lipinski definition) is 0. The van der Waals surface area contributed by atoms with Gasteiger partial charge in [0.15, 0.2) is 0 Å². The maximum Gasteiger partial charge on any atom is 0.309 e. The molecule has 1 unspecified atom stereocenters. The fourth-order valence-corrected chi connectivity index (χ4v) is 0.537. The summed E-state index contributed by atoms with van der Waals surface area (Å²) in [5.41, 5.74) is 0. The van der Waals surface area contributed by atoms with Crippen LogP contribution in [-0.2, 0) is 9.53 Å². The zero-order valence-corrected chi connectivity index (χ0v) is 4.02. The summed E-state index contributed by atoms with van der Waals surface area (Å²) in [5.74, 6) is -0.250. The van der Waals surface area contributed by atoms with Crippen LogP contribution in [0, 0.1) is 12.8 Å². The van der Waals surface area contributed by atoms with Gasteiger partial charge in [0.1, 0.15) is 0 Å². The minimum Gasteiger partial charge on any atom is -0.465 e. The number of cyclic esters (lactones) is 1. The van der Waals surface area contributed by atoms with Crippen molar-refractivity contribution in [3.8, 4) is 0 Å². The Morgan fingerprint density at radius 2 is 2.57 bits per heavy atom. The summed E-state index contributed by atoms with van der Waals surface area (Å²) in [6, 6.07) is 0. The SMILES string of the molecule is [CH2]C1CCOC1=O. The Labute approximate surface area is 42.5 Å². The molecule has 1 aliphatic heterocycles. The Kier molecular flexibility index (Phi) is 1.01. The van der Waals surface area contributed by atoms with E-state index in [1.165, 1.54) is 0 Å². The smallest absolute Gasteiger partial charge is 0.309 e. The highest BCUT2D eigenvalue weighted by molar-refractivity contribution is 5.74. The van der Waals surface area contributed by atoms with Crippen molar-refractivity contribution in [2.75, 3.05) is 6.61 Å². The Balaban J connectivity index is 2.48. The maximum absolute atomic E-state index is 10.3. The second-order valence-corrected chi connectivity index (χ2v) is 1.65. The molecule has 0 N–H and O–H groups in total. The Morgan fingerprint density at radius 3 is 2.71 bits per heavy atom. The standard InChI is InChI=1S/C5H7O2/c1-4-2-3-7-5(4)6/h4H,1-3H2. The highest BCUT2D eigenvalue weighted by Gasteiger charge is 2.20. The molecule has 39 valence electrons. The first-order valence-corrected chi connectivity index (χ1v) is 2.30. The molecule has 1 heterocycles. The van der Waals surface area contributed by atoms with Gasteiger partial charge in [0, 0.05) is 0 Å². The Morgan fingerprint density at radius 1 is 1.86 bits per heavy atom. The summed E-state index contributed by atoms with van der Waals surface area (Å²) in [6.07, 6.45) is 0.791. The van der Waals surface area contributed by atoms with E-state index in [0.717, 1.165) is 6.42 Å². The minimum atomic E-state index is -0.153. The van der Waals surface area contributed by atoms with Crippen molar-refractivity contribution in [2.24, 2.45) is 5.92 Å². The van der Waals surface area contributed by atoms with Crippen molar-refractivity contribution in [2.45, 2.75) is 6.42 Å². The molecular weight excluding hydrogens is 92.1 g/mol. The number of ether oxygens (including phenoxy) is 1. The predicted molar refractivity (Wildman–Crippen MR) is 24.4 cm³/mol. The molecule has 7 heavy (non-hydrogen) atoms. The normalized spacial score (nSPS) is 30.4. The summed E-state index contributed by atoms with van der Waals surface area (Å²) in [5, 5.41) is 0. The van der Waals surface area contributed by atoms with E-state index >= 15 is 0 Å². The van der Waals surface area contributed by atoms with Gasteiger partial charge in [0.2, 0.25) is 0 Å². The van der Waals surface area contributed by atoms with Gasteiger partial charge in [0.25, 0.3) is 0 Å². The van der Waals surface area contributed by atoms with Crippen molar-refractivity contribution >= 4 is 5.97 Å². The van der Waals surface area contributed by atoms with E-state index in [2.05, 4.69) is 11.7 Å². The van der Waals surface area contributed by atoms with Gasteiger partial charge in [-0.25, -0.2) is 0 Å². The van der Waals surface area contributed by atoms with Gasteiger partial charge in [-0.05, 0) is 13.3 Å². The molecule has 1 radical (unpaired) electrons. The van der Waals surface area contributed by atoms with Crippen LogP contribution in [-0.4, -0.2) is 12.6 Å². The molecule has 0 amide bonds. The van der Waals surface area contributed by atoms with Crippen LogP contribution in [0.3, 0.4) is 0 Å². The molecule has 0 spiro atoms. The zero-order chi connectivity index (χ0) is 5.28. The third-order valence-corrected chi connectivity index (χ3v) is 1.04. The predicted octanol–water partition coefficient (Wildman–Crippen LogP) is 0.384. The van der Waals surface area contributed by atoms with E-state index in [-0.39, 0.29) is 11.9 Å². The van der Waals surface area contributed by atoms with Crippen molar-refractivity contribution < 1.29 is 9.53 Å². The lowest BCUT2D eigenvalue weighted by Crippen LogP contribution is -2.01. The van der Waals surface area contributed by atoms with Crippen molar-refractivity contribution in [3.05, 3.63) is 6.92 Å². The van der Waals surface area contributed by atoms with Gasteiger partial charge in [0.05, 0.1) is 12.5 Å². The van der Waals surface area contributed by atoms with E-state index in [4.69, 9.17) is 0 Å². The minimum absolute atomic E-state index is 0.0972. The van der Waals surface area contributed by atoms with Crippen LogP contribution in [0.5, 0.6) is 0 Å². The number of carbonyl (C=O) groups excluding carboxylic acids is 1. The van der Waals surface area contributed by atoms with Crippen LogP contribution in [0.1, 0.15) is 6.42 Å². The van der Waals surface area contributed by atoms with E-state index in [1.807, 2.05) is 0 Å². The Hall–Kier alpha value is -0.530. The topological polar surface area (TPSA) is 26.3 Å². The van der Waals surface area contributed by atoms with Gasteiger partial charge in [-0.2, -0.15) is 0 Å². The number of esters is 1. The van der Waals surface area contributed by atoms with Gasteiger partial charge in [-0.1, -0.05) is 0 Å². The van der Waals surface area contributed by atoms with Crippen LogP contribution < -0.4 is 0 Å². The molecule has 1 fully saturated rings. The number of carbonyl (C=O) groups is 1. The van der Waals surface area contributed by atoms with Crippen molar-refractivity contribution in [1.29, 1.82) is 0 Å². The quantitative estimate of drug-likeness (QED) is 0.410. The van der Waals surface area contributed by atoms with Crippen LogP contribution >= 0.6 is 0 Å². The highest BCUT2D eigenvalue weighted by Crippen LogP contribution is 2.10. The van der Waals surface area contributed by atoms with Gasteiger partial charge >= 0.3 is 5.97 Å². The van der Waals surface area contributed by atoms with Gasteiger partial charge in [-0.15, -0.1) is 0 Å². The average Bonchev–Trinajstić information content (AvgIpc) is 1.91. The van der Waals surface area contributed by atoms with Crippen LogP contribution in [0.15, 0.2) is 0 Å². The van der Waals surface area contributed by atoms with Crippen LogP contribution in [0.4, 0.5) is 0 Å². The number of rotatable bonds is 0. The molecule has 2 nitrogen and oxygen atoms in total. The second-order valence-electron chi connectivity index (χ2n) is 1.65. The summed E-state index contributed by atoms with van der Waals surface area (Å²) in [6.45, 7) is 4.11. The van der Waals surface area contributed by atoms with Gasteiger partial charge in [-0.3, -0.25) is 4.79 Å². The molecule has 2 heteroatoms. The lowest BCUT2D eigenvalue weighted by atomic mass is 10.2. The Bertz CT molecular complexity index is 88.1. The van der Waals surface area contributed by atoms with Crippen molar-refractivity contribution in [3.63, 3.8) is 0 Å². The average molecular weight is 99.1 g/mol. The molecular formula is C5H7O2. The summed E-state index contributed by atoms with van der Waals surface area (Å²) < 4.78 is 4.56. The fourth-order valence-electron chi connectivity index (χ4n) is 0.537. The number of hydrogen-bond acceptors (Lipinski definition) is 2. The fraction of sp³-hybridized carbons (Fsp3) is 0.600. The molecule has 0 aromatic rings. The molecule has 0 aliphatic carbocycles. The third kappa shape index (κ3) is 0.734. The first kappa shape index (κ1) is 4.62. The van der Waals surface area contributed by atoms with Gasteiger partial charge < -0.3 is 4.74 Å². The third-order valence-electron chi connectivity index (χ3n) is 1.04. The van der Waals surface area contributed by atoms with Crippen LogP contribution in [0.25, 0.3) is 0 Å². The molecule has 1 atom stereocenters. The molecule has 0 saturated carbocycles. The molecule has 1 rings (SSSR count). The van der Waals surface area contributed by atoms with E-state index in [0.29, 0.717) is 6.61 Å². The first-order chi connectivity index (χ1) is 3.30. The largest absolute Gasteiger partial charge is 0.465 e. The molecule has 1 saturated heterocycles. The summed E-state index contributed by atoms with van der Waals surface area (Å²) >= 11 is 0. The first-order valence-electron chi connectivity index (χ1n) is 2.30. The van der Waals surface area contributed by atoms with E-state index < -0.39 is 0 Å². The lowest BCUT2D eigenvalue weighted by molar-refractivity contribution is -0.140. The van der Waals surface area contributed by atoms with E-state index in [1.54, 1.807) is 0 Å². The molecule has 0 bridgehead atoms. The maximum atomic E-state index is 10.3. The monoisotopic (exact) mass is 99.0 g/mol. The molecule has 0 aromatic carbocycles. The molecule has 1 aliphatic rings. The summed E-state index contributed by atoms with van der Waals surface area (Å²) in [4.78, 5) is 10.3. The van der Waals surface area contributed by atoms with Crippen LogP contribution in [0.2, 0.25) is 0 Å². The van der Waals surface area contributed by atoms with Crippen molar-refractivity contribution in [1.82, 2.24) is 0 Å². The van der Waals surface area contributed by atoms with E-state index in [9.17, 15) is 4.79 Å². The summed E-state index contributed by atoms with van der Waals surface area (Å²) in [7, 11) is 0. The lowest BCUT2D eigenvalue weighted by Gasteiger charge is -1.88.